The third-order valence-corrected chi connectivity index (χ3v) is 4.17. The lowest BCUT2D eigenvalue weighted by Crippen LogP contribution is -2.13. The molecule has 19 heavy (non-hydrogen) atoms. The maximum Gasteiger partial charge on any atom is 0.191 e. The molecule has 0 bridgehead atoms. The van der Waals surface area contributed by atoms with E-state index in [1.165, 1.54) is 0 Å². The Morgan fingerprint density at radius 1 is 1.37 bits per heavy atom. The Morgan fingerprint density at radius 3 is 2.58 bits per heavy atom. The van der Waals surface area contributed by atoms with Gasteiger partial charge in [0.25, 0.3) is 0 Å². The van der Waals surface area contributed by atoms with Gasteiger partial charge in [-0.15, -0.1) is 10.2 Å². The van der Waals surface area contributed by atoms with Crippen LogP contribution in [0.25, 0.3) is 0 Å². The molecule has 1 aromatic heterocycles. The maximum absolute atomic E-state index is 7.52. The summed E-state index contributed by atoms with van der Waals surface area (Å²) < 4.78 is 1.95. The van der Waals surface area contributed by atoms with Crippen molar-refractivity contribution in [1.82, 2.24) is 14.8 Å². The number of benzene rings is 1. The summed E-state index contributed by atoms with van der Waals surface area (Å²) in [6.07, 6.45) is 0.501. The summed E-state index contributed by atoms with van der Waals surface area (Å²) in [4.78, 5) is 0. The zero-order chi connectivity index (χ0) is 13.8. The van der Waals surface area contributed by atoms with E-state index in [4.69, 9.17) is 11.1 Å². The van der Waals surface area contributed by atoms with Gasteiger partial charge >= 0.3 is 0 Å². The highest BCUT2D eigenvalue weighted by Crippen LogP contribution is 2.36. The molecule has 6 heteroatoms. The van der Waals surface area contributed by atoms with Crippen molar-refractivity contribution in [3.8, 4) is 0 Å². The number of aromatic nitrogens is 3. The molecule has 0 radical (unpaired) electrons. The third-order valence-electron chi connectivity index (χ3n) is 2.88. The van der Waals surface area contributed by atoms with Crippen LogP contribution in [0.2, 0.25) is 0 Å². The van der Waals surface area contributed by atoms with Crippen molar-refractivity contribution >= 4 is 17.6 Å². The normalized spacial score (nSPS) is 12.3. The van der Waals surface area contributed by atoms with Crippen LogP contribution in [-0.2, 0) is 7.05 Å². The number of aryl methyl sites for hydroxylation is 1. The van der Waals surface area contributed by atoms with E-state index >= 15 is 0 Å². The van der Waals surface area contributed by atoms with Crippen molar-refractivity contribution in [2.75, 3.05) is 0 Å². The fourth-order valence-electron chi connectivity index (χ4n) is 1.71. The maximum atomic E-state index is 7.52. The zero-order valence-electron chi connectivity index (χ0n) is 11.0. The molecule has 0 aliphatic carbocycles. The van der Waals surface area contributed by atoms with Crippen LogP contribution in [-0.4, -0.2) is 20.6 Å². The second-order valence-corrected chi connectivity index (χ2v) is 5.51. The lowest BCUT2D eigenvalue weighted by atomic mass is 10.1. The Bertz CT molecular complexity index is 564. The highest BCUT2D eigenvalue weighted by molar-refractivity contribution is 7.99. The molecule has 0 saturated heterocycles. The molecule has 3 N–H and O–H groups in total. The number of nitrogens with one attached hydrogen (secondary N) is 1. The summed E-state index contributed by atoms with van der Waals surface area (Å²) in [6, 6.07) is 10.1. The quantitative estimate of drug-likeness (QED) is 0.498. The summed E-state index contributed by atoms with van der Waals surface area (Å²) >= 11 is 1.59. The average Bonchev–Trinajstić information content (AvgIpc) is 2.70. The molecule has 1 heterocycles. The van der Waals surface area contributed by atoms with Crippen molar-refractivity contribution in [1.29, 1.82) is 5.41 Å². The molecule has 0 spiro atoms. The number of thioether (sulfide) groups is 1. The molecule has 1 atom stereocenters. The van der Waals surface area contributed by atoms with Gasteiger partial charge in [0.15, 0.2) is 5.16 Å². The van der Waals surface area contributed by atoms with Crippen molar-refractivity contribution in [3.63, 3.8) is 0 Å². The largest absolute Gasteiger partial charge is 0.388 e. The van der Waals surface area contributed by atoms with Gasteiger partial charge < -0.3 is 10.3 Å². The summed E-state index contributed by atoms with van der Waals surface area (Å²) in [7, 11) is 1.94. The van der Waals surface area contributed by atoms with Crippen molar-refractivity contribution in [2.45, 2.75) is 23.8 Å². The minimum absolute atomic E-state index is 0.0843. The molecule has 0 aliphatic heterocycles. The topological polar surface area (TPSA) is 80.6 Å². The molecule has 1 unspecified atom stereocenters. The summed E-state index contributed by atoms with van der Waals surface area (Å²) in [5, 5.41) is 16.6. The first kappa shape index (κ1) is 13.6. The summed E-state index contributed by atoms with van der Waals surface area (Å²) in [5.74, 6) is 1.05. The molecular weight excluding hydrogens is 258 g/mol. The van der Waals surface area contributed by atoms with Gasteiger partial charge in [0.1, 0.15) is 5.82 Å². The second-order valence-electron chi connectivity index (χ2n) is 4.34. The number of hydrogen-bond donors (Lipinski definition) is 2. The molecule has 0 saturated carbocycles. The number of nitrogens with two attached hydrogens (primary N) is 1. The van der Waals surface area contributed by atoms with E-state index in [-0.39, 0.29) is 11.1 Å². The van der Waals surface area contributed by atoms with E-state index in [9.17, 15) is 0 Å². The molecule has 0 aliphatic rings. The summed E-state index contributed by atoms with van der Waals surface area (Å²) in [5.41, 5.74) is 6.70. The fraction of sp³-hybridized carbons (Fsp3) is 0.308. The SMILES string of the molecule is Cc1nnc(SC(CC(=N)N)c2ccccc2)n1C. The molecule has 2 aromatic rings. The van der Waals surface area contributed by atoms with E-state index < -0.39 is 0 Å². The van der Waals surface area contributed by atoms with Gasteiger partial charge in [-0.2, -0.15) is 0 Å². The van der Waals surface area contributed by atoms with E-state index in [2.05, 4.69) is 10.2 Å². The number of amidine groups is 1. The highest BCUT2D eigenvalue weighted by atomic mass is 32.2. The standard InChI is InChI=1S/C13H17N5S/c1-9-16-17-13(18(9)2)19-11(8-12(14)15)10-6-4-3-5-7-10/h3-7,11H,8H2,1-2H3,(H3,14,15). The average molecular weight is 275 g/mol. The second kappa shape index (κ2) is 5.88. The highest BCUT2D eigenvalue weighted by Gasteiger charge is 2.18. The number of nitrogens with zero attached hydrogens (tertiary/aromatic N) is 3. The van der Waals surface area contributed by atoms with Gasteiger partial charge in [-0.05, 0) is 12.5 Å². The van der Waals surface area contributed by atoms with Crippen LogP contribution >= 0.6 is 11.8 Å². The molecule has 2 rings (SSSR count). The van der Waals surface area contributed by atoms with Crippen LogP contribution in [0.15, 0.2) is 35.5 Å². The van der Waals surface area contributed by atoms with Crippen LogP contribution in [0.1, 0.15) is 23.1 Å². The predicted molar refractivity (Wildman–Crippen MR) is 77.3 cm³/mol. The summed E-state index contributed by atoms with van der Waals surface area (Å²) in [6.45, 7) is 1.92. The first-order valence-corrected chi connectivity index (χ1v) is 6.86. The minimum atomic E-state index is 0.0843. The molecule has 1 aromatic carbocycles. The van der Waals surface area contributed by atoms with Crippen LogP contribution in [0.5, 0.6) is 0 Å². The Morgan fingerprint density at radius 2 is 2.05 bits per heavy atom. The van der Waals surface area contributed by atoms with Gasteiger partial charge in [-0.1, -0.05) is 42.1 Å². The van der Waals surface area contributed by atoms with Gasteiger partial charge in [-0.3, -0.25) is 5.41 Å². The molecule has 0 amide bonds. The van der Waals surface area contributed by atoms with E-state index in [0.29, 0.717) is 6.42 Å². The lowest BCUT2D eigenvalue weighted by Gasteiger charge is -2.15. The Hall–Kier alpha value is -1.82. The molecular formula is C13H17N5S. The van der Waals surface area contributed by atoms with Crippen LogP contribution in [0.4, 0.5) is 0 Å². The lowest BCUT2D eigenvalue weighted by molar-refractivity contribution is 0.761. The Labute approximate surface area is 116 Å². The van der Waals surface area contributed by atoms with Crippen molar-refractivity contribution in [2.24, 2.45) is 12.8 Å². The van der Waals surface area contributed by atoms with Crippen molar-refractivity contribution < 1.29 is 0 Å². The molecule has 0 fully saturated rings. The van der Waals surface area contributed by atoms with Gasteiger partial charge in [0.2, 0.25) is 0 Å². The third kappa shape index (κ3) is 3.35. The van der Waals surface area contributed by atoms with Crippen molar-refractivity contribution in [3.05, 3.63) is 41.7 Å². The first-order valence-electron chi connectivity index (χ1n) is 5.98. The van der Waals surface area contributed by atoms with Crippen LogP contribution in [0.3, 0.4) is 0 Å². The van der Waals surface area contributed by atoms with E-state index in [1.54, 1.807) is 11.8 Å². The number of hydrogen-bond acceptors (Lipinski definition) is 4. The Balaban J connectivity index is 2.24. The molecule has 100 valence electrons. The minimum Gasteiger partial charge on any atom is -0.388 e. The number of rotatable bonds is 5. The predicted octanol–water partition coefficient (Wildman–Crippen LogP) is 2.28. The zero-order valence-corrected chi connectivity index (χ0v) is 11.8. The van der Waals surface area contributed by atoms with Crippen LogP contribution in [0, 0.1) is 12.3 Å². The molecule has 5 nitrogen and oxygen atoms in total. The van der Waals surface area contributed by atoms with E-state index in [1.807, 2.05) is 48.9 Å². The fourth-order valence-corrected chi connectivity index (χ4v) is 2.90. The first-order chi connectivity index (χ1) is 9.08. The van der Waals surface area contributed by atoms with Gasteiger partial charge in [-0.25, -0.2) is 0 Å². The Kier molecular flexibility index (Phi) is 4.21. The monoisotopic (exact) mass is 275 g/mol. The van der Waals surface area contributed by atoms with Crippen LogP contribution < -0.4 is 5.73 Å². The van der Waals surface area contributed by atoms with E-state index in [0.717, 1.165) is 16.5 Å². The van der Waals surface area contributed by atoms with Gasteiger partial charge in [0, 0.05) is 18.7 Å². The smallest absolute Gasteiger partial charge is 0.191 e. The van der Waals surface area contributed by atoms with Gasteiger partial charge in [0.05, 0.1) is 5.84 Å².